The Morgan fingerprint density at radius 1 is 1.38 bits per heavy atom. The number of fused-ring (bicyclic) bond motifs is 1. The van der Waals surface area contributed by atoms with Crippen LogP contribution in [0.4, 0.5) is 0 Å². The van der Waals surface area contributed by atoms with Crippen LogP contribution >= 0.6 is 11.6 Å². The van der Waals surface area contributed by atoms with E-state index in [1.165, 1.54) is 24.7 Å². The number of halogens is 1. The summed E-state index contributed by atoms with van der Waals surface area (Å²) in [5.41, 5.74) is 1.96. The summed E-state index contributed by atoms with van der Waals surface area (Å²) < 4.78 is 7.88. The van der Waals surface area contributed by atoms with Gasteiger partial charge in [0.05, 0.1) is 18.1 Å². The fourth-order valence-corrected chi connectivity index (χ4v) is 3.77. The number of hydrogen-bond donors (Lipinski definition) is 1. The zero-order valence-electron chi connectivity index (χ0n) is 14.9. The molecule has 1 aliphatic carbocycles. The van der Waals surface area contributed by atoms with Crippen LogP contribution in [0.5, 0.6) is 0 Å². The number of aromatic nitrogens is 3. The summed E-state index contributed by atoms with van der Waals surface area (Å²) in [5, 5.41) is 10.8. The zero-order chi connectivity index (χ0) is 19.1. The van der Waals surface area contributed by atoms with Gasteiger partial charge < -0.3 is 14.4 Å². The molecule has 1 fully saturated rings. The molecule has 2 aromatic rings. The normalized spacial score (nSPS) is 16.6. The van der Waals surface area contributed by atoms with Gasteiger partial charge in [-0.25, -0.2) is 9.97 Å². The maximum Gasteiger partial charge on any atom is 0.147 e. The van der Waals surface area contributed by atoms with Gasteiger partial charge in [0.25, 0.3) is 0 Å². The summed E-state index contributed by atoms with van der Waals surface area (Å²) in [4.78, 5) is 8.57. The van der Waals surface area contributed by atoms with Gasteiger partial charge in [-0.15, -0.1) is 25.2 Å². The molecule has 2 heterocycles. The summed E-state index contributed by atoms with van der Waals surface area (Å²) in [5.74, 6) is 3.02. The zero-order valence-corrected chi connectivity index (χ0v) is 15.7. The molecular weight excluding hydrogens is 350 g/mol. The molecular formula is C20H24ClN3O2. The van der Waals surface area contributed by atoms with Crippen molar-refractivity contribution in [2.24, 2.45) is 0 Å². The van der Waals surface area contributed by atoms with E-state index in [-0.39, 0.29) is 12.8 Å². The molecule has 2 aromatic heterocycles. The van der Waals surface area contributed by atoms with E-state index in [0.717, 1.165) is 23.9 Å². The summed E-state index contributed by atoms with van der Waals surface area (Å²) in [6.07, 6.45) is 21.4. The van der Waals surface area contributed by atoms with Gasteiger partial charge in [-0.1, -0.05) is 24.4 Å². The predicted octanol–water partition coefficient (Wildman–Crippen LogP) is 3.91. The molecule has 0 unspecified atom stereocenters. The van der Waals surface area contributed by atoms with Crippen molar-refractivity contribution in [2.45, 2.75) is 57.3 Å². The van der Waals surface area contributed by atoms with Gasteiger partial charge in [0, 0.05) is 12.6 Å². The molecule has 138 valence electrons. The van der Waals surface area contributed by atoms with Crippen molar-refractivity contribution in [1.29, 1.82) is 0 Å². The molecule has 0 saturated heterocycles. The smallest absolute Gasteiger partial charge is 0.147 e. The lowest BCUT2D eigenvalue weighted by Gasteiger charge is -2.21. The van der Waals surface area contributed by atoms with Gasteiger partial charge >= 0.3 is 0 Å². The number of aliphatic hydroxyl groups excluding tert-OH is 1. The van der Waals surface area contributed by atoms with E-state index in [1.807, 2.05) is 11.5 Å². The van der Waals surface area contributed by atoms with Gasteiger partial charge in [-0.2, -0.15) is 0 Å². The SMILES string of the molecule is C#C.C#CC[C@@H](CO)O[C@H](C)n1cc(C2CCCC2)c2c(Cl)ncnc21. The molecule has 5 nitrogen and oxygen atoms in total. The summed E-state index contributed by atoms with van der Waals surface area (Å²) in [6.45, 7) is 1.81. The van der Waals surface area contributed by atoms with Gasteiger partial charge in [-0.3, -0.25) is 0 Å². The summed E-state index contributed by atoms with van der Waals surface area (Å²) in [7, 11) is 0. The van der Waals surface area contributed by atoms with E-state index in [0.29, 0.717) is 17.5 Å². The second-order valence-corrected chi connectivity index (χ2v) is 6.64. The summed E-state index contributed by atoms with van der Waals surface area (Å²) >= 11 is 6.37. The third-order valence-electron chi connectivity index (χ3n) is 4.72. The van der Waals surface area contributed by atoms with Gasteiger partial charge in [0.1, 0.15) is 23.4 Å². The van der Waals surface area contributed by atoms with Crippen LogP contribution in [-0.2, 0) is 4.74 Å². The lowest BCUT2D eigenvalue weighted by molar-refractivity contribution is -0.0606. The van der Waals surface area contributed by atoms with Gasteiger partial charge in [-0.05, 0) is 31.2 Å². The average molecular weight is 374 g/mol. The second-order valence-electron chi connectivity index (χ2n) is 6.28. The molecule has 0 aliphatic heterocycles. The lowest BCUT2D eigenvalue weighted by Crippen LogP contribution is -2.22. The largest absolute Gasteiger partial charge is 0.394 e. The Kier molecular flexibility index (Phi) is 7.48. The van der Waals surface area contributed by atoms with Crippen molar-refractivity contribution in [3.8, 4) is 25.2 Å². The van der Waals surface area contributed by atoms with Crippen LogP contribution in [0.25, 0.3) is 11.0 Å². The number of terminal acetylenes is 2. The third kappa shape index (κ3) is 4.19. The molecule has 0 radical (unpaired) electrons. The van der Waals surface area contributed by atoms with Crippen molar-refractivity contribution in [2.75, 3.05) is 6.61 Å². The van der Waals surface area contributed by atoms with Crippen molar-refractivity contribution in [1.82, 2.24) is 14.5 Å². The van der Waals surface area contributed by atoms with Crippen LogP contribution in [0, 0.1) is 25.2 Å². The predicted molar refractivity (Wildman–Crippen MR) is 104 cm³/mol. The minimum Gasteiger partial charge on any atom is -0.394 e. The van der Waals surface area contributed by atoms with Crippen LogP contribution in [0.3, 0.4) is 0 Å². The highest BCUT2D eigenvalue weighted by molar-refractivity contribution is 6.34. The molecule has 1 saturated carbocycles. The number of ether oxygens (including phenoxy) is 1. The van der Waals surface area contributed by atoms with Crippen LogP contribution in [0.15, 0.2) is 12.5 Å². The van der Waals surface area contributed by atoms with Crippen LogP contribution in [-0.4, -0.2) is 32.4 Å². The van der Waals surface area contributed by atoms with Crippen LogP contribution in [0.1, 0.15) is 56.7 Å². The molecule has 0 amide bonds. The lowest BCUT2D eigenvalue weighted by atomic mass is 9.98. The standard InChI is InChI=1S/C18H22ClN3O2.C2H2/c1-3-6-14(10-23)24-12(2)22-9-15(13-7-4-5-8-13)16-17(19)20-11-21-18(16)22;1-2/h1,9,11-14,23H,4-8,10H2,2H3;1-2H/t12-,14+;/m1./s1. The van der Waals surface area contributed by atoms with Crippen molar-refractivity contribution in [3.05, 3.63) is 23.2 Å². The quantitative estimate of drug-likeness (QED) is 0.616. The first kappa shape index (κ1) is 20.3. The number of rotatable bonds is 6. The number of nitrogens with zero attached hydrogens (tertiary/aromatic N) is 3. The Bertz CT molecular complexity index is 787. The highest BCUT2D eigenvalue weighted by Gasteiger charge is 2.26. The van der Waals surface area contributed by atoms with Crippen molar-refractivity contribution >= 4 is 22.6 Å². The first-order valence-electron chi connectivity index (χ1n) is 8.69. The maximum absolute atomic E-state index is 9.41. The van der Waals surface area contributed by atoms with Gasteiger partial charge in [0.2, 0.25) is 0 Å². The number of hydrogen-bond acceptors (Lipinski definition) is 4. The van der Waals surface area contributed by atoms with Crippen molar-refractivity contribution < 1.29 is 9.84 Å². The van der Waals surface area contributed by atoms with E-state index in [4.69, 9.17) is 22.8 Å². The second kappa shape index (κ2) is 9.59. The van der Waals surface area contributed by atoms with Crippen LogP contribution < -0.4 is 0 Å². The van der Waals surface area contributed by atoms with E-state index < -0.39 is 6.10 Å². The minimum absolute atomic E-state index is 0.112. The Morgan fingerprint density at radius 3 is 2.69 bits per heavy atom. The Morgan fingerprint density at radius 2 is 2.08 bits per heavy atom. The molecule has 1 aliphatic rings. The monoisotopic (exact) mass is 373 g/mol. The molecule has 1 N–H and O–H groups in total. The van der Waals surface area contributed by atoms with E-state index >= 15 is 0 Å². The van der Waals surface area contributed by atoms with Crippen molar-refractivity contribution in [3.63, 3.8) is 0 Å². The molecule has 26 heavy (non-hydrogen) atoms. The van der Waals surface area contributed by atoms with E-state index in [2.05, 4.69) is 34.9 Å². The number of aliphatic hydroxyl groups is 1. The fraction of sp³-hybridized carbons (Fsp3) is 0.500. The topological polar surface area (TPSA) is 60.2 Å². The molecule has 3 rings (SSSR count). The molecule has 6 heteroatoms. The summed E-state index contributed by atoms with van der Waals surface area (Å²) in [6, 6.07) is 0. The molecule has 0 bridgehead atoms. The molecule has 0 spiro atoms. The Balaban J connectivity index is 0.00000117. The van der Waals surface area contributed by atoms with E-state index in [1.54, 1.807) is 0 Å². The van der Waals surface area contributed by atoms with Gasteiger partial charge in [0.15, 0.2) is 0 Å². The average Bonchev–Trinajstić information content (AvgIpc) is 3.31. The van der Waals surface area contributed by atoms with Crippen LogP contribution in [0.2, 0.25) is 5.15 Å². The Labute approximate surface area is 159 Å². The third-order valence-corrected chi connectivity index (χ3v) is 5.00. The maximum atomic E-state index is 9.41. The highest BCUT2D eigenvalue weighted by Crippen LogP contribution is 2.40. The Hall–Kier alpha value is -2.05. The molecule has 2 atom stereocenters. The first-order chi connectivity index (χ1) is 12.7. The molecule has 0 aromatic carbocycles. The van der Waals surface area contributed by atoms with E-state index in [9.17, 15) is 5.11 Å². The fourth-order valence-electron chi connectivity index (χ4n) is 3.53. The first-order valence-corrected chi connectivity index (χ1v) is 9.07. The minimum atomic E-state index is -0.394. The highest BCUT2D eigenvalue weighted by atomic mass is 35.5.